The quantitative estimate of drug-likeness (QED) is 0.624. The van der Waals surface area contributed by atoms with Gasteiger partial charge in [-0.05, 0) is 19.3 Å². The molecule has 1 saturated heterocycles. The Bertz CT molecular complexity index is 710. The molecule has 1 fully saturated rings. The van der Waals surface area contributed by atoms with Crippen LogP contribution in [0.1, 0.15) is 31.5 Å². The van der Waals surface area contributed by atoms with Crippen LogP contribution < -0.4 is 15.8 Å². The van der Waals surface area contributed by atoms with Gasteiger partial charge in [0.1, 0.15) is 6.04 Å². The first-order valence-corrected chi connectivity index (χ1v) is 8.74. The van der Waals surface area contributed by atoms with Crippen LogP contribution in [0.5, 0.6) is 0 Å². The van der Waals surface area contributed by atoms with E-state index in [2.05, 4.69) is 15.3 Å². The normalized spacial score (nSPS) is 15.8. The van der Waals surface area contributed by atoms with Crippen LogP contribution in [-0.2, 0) is 20.7 Å². The summed E-state index contributed by atoms with van der Waals surface area (Å²) >= 11 is 0. The smallest absolute Gasteiger partial charge is 0.326 e. The Morgan fingerprint density at radius 3 is 2.54 bits per heavy atom. The number of H-pyrrole nitrogens is 1. The van der Waals surface area contributed by atoms with Gasteiger partial charge < -0.3 is 20.1 Å². The second-order valence-corrected chi connectivity index (χ2v) is 6.68. The van der Waals surface area contributed by atoms with E-state index in [-0.39, 0.29) is 24.3 Å². The van der Waals surface area contributed by atoms with Gasteiger partial charge >= 0.3 is 5.97 Å². The average Bonchev–Trinajstić information content (AvgIpc) is 2.59. The van der Waals surface area contributed by atoms with Crippen LogP contribution >= 0.6 is 0 Å². The number of morpholine rings is 1. The first-order chi connectivity index (χ1) is 12.3. The van der Waals surface area contributed by atoms with E-state index in [1.807, 2.05) is 4.90 Å². The average molecular weight is 366 g/mol. The number of carbonyl (C=O) groups excluding carboxylic acids is 1. The van der Waals surface area contributed by atoms with Crippen LogP contribution in [0.3, 0.4) is 0 Å². The van der Waals surface area contributed by atoms with Crippen LogP contribution in [0.4, 0.5) is 5.95 Å². The van der Waals surface area contributed by atoms with Gasteiger partial charge in [-0.15, -0.1) is 0 Å². The van der Waals surface area contributed by atoms with Crippen LogP contribution in [0, 0.1) is 12.8 Å². The van der Waals surface area contributed by atoms with Crippen molar-refractivity contribution >= 4 is 17.8 Å². The third-order valence-corrected chi connectivity index (χ3v) is 4.37. The fourth-order valence-corrected chi connectivity index (χ4v) is 2.81. The highest BCUT2D eigenvalue weighted by molar-refractivity contribution is 5.83. The molecule has 1 unspecified atom stereocenters. The number of carbonyl (C=O) groups is 2. The topological polar surface area (TPSA) is 125 Å². The molecule has 9 nitrogen and oxygen atoms in total. The fraction of sp³-hybridized carbons (Fsp3) is 0.647. The molecule has 144 valence electrons. The number of carboxylic acids is 1. The number of ether oxygens (including phenoxy) is 1. The van der Waals surface area contributed by atoms with Gasteiger partial charge in [0.2, 0.25) is 11.9 Å². The summed E-state index contributed by atoms with van der Waals surface area (Å²) in [6, 6.07) is -0.941. The molecule has 1 aromatic heterocycles. The van der Waals surface area contributed by atoms with Gasteiger partial charge in [0.05, 0.1) is 13.2 Å². The van der Waals surface area contributed by atoms with E-state index in [9.17, 15) is 14.4 Å². The zero-order valence-electron chi connectivity index (χ0n) is 15.4. The van der Waals surface area contributed by atoms with Crippen molar-refractivity contribution in [3.63, 3.8) is 0 Å². The molecular weight excluding hydrogens is 340 g/mol. The molecule has 0 aromatic carbocycles. The number of amides is 1. The second kappa shape index (κ2) is 8.79. The molecule has 0 saturated carbocycles. The van der Waals surface area contributed by atoms with Crippen LogP contribution in [0.2, 0.25) is 0 Å². The predicted molar refractivity (Wildman–Crippen MR) is 95.4 cm³/mol. The van der Waals surface area contributed by atoms with E-state index >= 15 is 0 Å². The molecule has 0 spiro atoms. The Morgan fingerprint density at radius 1 is 1.35 bits per heavy atom. The van der Waals surface area contributed by atoms with Gasteiger partial charge in [-0.3, -0.25) is 14.6 Å². The number of carboxylic acid groups (broad SMARTS) is 1. The zero-order chi connectivity index (χ0) is 19.3. The summed E-state index contributed by atoms with van der Waals surface area (Å²) < 4.78 is 5.29. The molecule has 1 amide bonds. The fourth-order valence-electron chi connectivity index (χ4n) is 2.81. The number of rotatable bonds is 7. The zero-order valence-corrected chi connectivity index (χ0v) is 15.4. The summed E-state index contributed by atoms with van der Waals surface area (Å²) in [7, 11) is 0. The van der Waals surface area contributed by atoms with Crippen molar-refractivity contribution in [2.24, 2.45) is 5.92 Å². The number of aromatic nitrogens is 2. The largest absolute Gasteiger partial charge is 0.480 e. The summed E-state index contributed by atoms with van der Waals surface area (Å²) in [6.45, 7) is 7.69. The Hall–Kier alpha value is -2.42. The summed E-state index contributed by atoms with van der Waals surface area (Å²) in [5.41, 5.74) is 0.737. The lowest BCUT2D eigenvalue weighted by Crippen LogP contribution is -2.44. The first kappa shape index (κ1) is 19.9. The molecule has 0 aliphatic carbocycles. The van der Waals surface area contributed by atoms with Crippen molar-refractivity contribution in [2.45, 2.75) is 39.7 Å². The number of anilines is 1. The maximum atomic E-state index is 12.4. The molecule has 0 bridgehead atoms. The summed E-state index contributed by atoms with van der Waals surface area (Å²) in [4.78, 5) is 44.7. The molecule has 1 aliphatic heterocycles. The van der Waals surface area contributed by atoms with Crippen molar-refractivity contribution in [3.8, 4) is 0 Å². The lowest BCUT2D eigenvalue weighted by molar-refractivity contribution is -0.143. The van der Waals surface area contributed by atoms with Crippen molar-refractivity contribution in [1.82, 2.24) is 15.3 Å². The molecule has 26 heavy (non-hydrogen) atoms. The van der Waals surface area contributed by atoms with Crippen LogP contribution in [0.25, 0.3) is 0 Å². The molecule has 1 aromatic rings. The van der Waals surface area contributed by atoms with Gasteiger partial charge in [-0.1, -0.05) is 13.8 Å². The molecule has 9 heteroatoms. The van der Waals surface area contributed by atoms with E-state index in [0.717, 1.165) is 0 Å². The molecule has 1 aliphatic rings. The summed E-state index contributed by atoms with van der Waals surface area (Å²) in [6.07, 6.45) is 0.229. The molecule has 2 rings (SSSR count). The minimum Gasteiger partial charge on any atom is -0.480 e. The number of nitrogens with one attached hydrogen (secondary N) is 2. The predicted octanol–water partition coefficient (Wildman–Crippen LogP) is 0.0729. The van der Waals surface area contributed by atoms with Crippen LogP contribution in [-0.4, -0.2) is 59.3 Å². The molecule has 2 heterocycles. The van der Waals surface area contributed by atoms with Crippen molar-refractivity contribution in [3.05, 3.63) is 21.6 Å². The maximum absolute atomic E-state index is 12.4. The number of aryl methyl sites for hydroxylation is 1. The molecule has 0 radical (unpaired) electrons. The Balaban J connectivity index is 2.02. The second-order valence-electron chi connectivity index (χ2n) is 6.68. The third kappa shape index (κ3) is 5.04. The highest BCUT2D eigenvalue weighted by Crippen LogP contribution is 2.11. The number of nitrogens with zero attached hydrogens (tertiary/aromatic N) is 2. The first-order valence-electron chi connectivity index (χ1n) is 8.74. The lowest BCUT2D eigenvalue weighted by Gasteiger charge is -2.27. The van der Waals surface area contributed by atoms with E-state index < -0.39 is 17.9 Å². The van der Waals surface area contributed by atoms with Gasteiger partial charge in [0.15, 0.2) is 0 Å². The summed E-state index contributed by atoms with van der Waals surface area (Å²) in [5, 5.41) is 11.6. The molecule has 1 atom stereocenters. The lowest BCUT2D eigenvalue weighted by atomic mass is 10.0. The standard InChI is InChI=1S/C17H26N4O5/c1-10(2)14(16(24)25)19-13(22)5-4-12-11(3)18-17(20-15(12)23)21-6-8-26-9-7-21/h10,14H,4-9H2,1-3H3,(H,19,22)(H,24,25)(H,18,20,23). The van der Waals surface area contributed by atoms with Gasteiger partial charge in [0.25, 0.3) is 5.56 Å². The van der Waals surface area contributed by atoms with Crippen molar-refractivity contribution < 1.29 is 19.4 Å². The minimum absolute atomic E-state index is 0.0268. The van der Waals surface area contributed by atoms with Crippen molar-refractivity contribution in [2.75, 3.05) is 31.2 Å². The Labute approximate surface area is 151 Å². The van der Waals surface area contributed by atoms with Gasteiger partial charge in [-0.25, -0.2) is 9.78 Å². The number of aromatic amines is 1. The molecular formula is C17H26N4O5. The van der Waals surface area contributed by atoms with Crippen molar-refractivity contribution in [1.29, 1.82) is 0 Å². The van der Waals surface area contributed by atoms with E-state index in [0.29, 0.717) is 43.5 Å². The van der Waals surface area contributed by atoms with E-state index in [4.69, 9.17) is 9.84 Å². The number of hydrogen-bond acceptors (Lipinski definition) is 6. The Kier molecular flexibility index (Phi) is 6.73. The highest BCUT2D eigenvalue weighted by atomic mass is 16.5. The molecule has 3 N–H and O–H groups in total. The third-order valence-electron chi connectivity index (χ3n) is 4.37. The monoisotopic (exact) mass is 366 g/mol. The number of hydrogen-bond donors (Lipinski definition) is 3. The van der Waals surface area contributed by atoms with E-state index in [1.165, 1.54) is 0 Å². The minimum atomic E-state index is -1.07. The maximum Gasteiger partial charge on any atom is 0.326 e. The van der Waals surface area contributed by atoms with Crippen LogP contribution in [0.15, 0.2) is 4.79 Å². The van der Waals surface area contributed by atoms with Gasteiger partial charge in [0, 0.05) is 30.8 Å². The highest BCUT2D eigenvalue weighted by Gasteiger charge is 2.23. The SMILES string of the molecule is Cc1nc(N2CCOCC2)[nH]c(=O)c1CCC(=O)NC(C(=O)O)C(C)C. The number of aliphatic carboxylic acids is 1. The van der Waals surface area contributed by atoms with E-state index in [1.54, 1.807) is 20.8 Å². The Morgan fingerprint density at radius 2 is 2.00 bits per heavy atom. The summed E-state index contributed by atoms with van der Waals surface area (Å²) in [5.74, 6) is -1.19. The van der Waals surface area contributed by atoms with Gasteiger partial charge in [-0.2, -0.15) is 0 Å².